The zero-order chi connectivity index (χ0) is 24.3. The van der Waals surface area contributed by atoms with E-state index in [1.165, 1.54) is 80.0 Å². The number of carbonyl (C=O) groups excluding carboxylic acids is 1. The van der Waals surface area contributed by atoms with Gasteiger partial charge in [-0.05, 0) is 81.2 Å². The van der Waals surface area contributed by atoms with E-state index in [0.717, 1.165) is 6.07 Å². The number of aromatic nitrogens is 2. The minimum Gasteiger partial charge on any atom is -0.454 e. The van der Waals surface area contributed by atoms with Crippen molar-refractivity contribution in [1.82, 2.24) is 14.7 Å². The first-order valence-electron chi connectivity index (χ1n) is 11.2. The highest BCUT2D eigenvalue weighted by atomic mass is 35.5. The molecule has 5 rings (SSSR count). The number of amides is 1. The van der Waals surface area contributed by atoms with Gasteiger partial charge in [-0.2, -0.15) is 13.9 Å². The van der Waals surface area contributed by atoms with Gasteiger partial charge in [-0.1, -0.05) is 23.7 Å². The van der Waals surface area contributed by atoms with E-state index in [1.54, 1.807) is 0 Å². The number of nitrogens with two attached hydrogens (primary N) is 1. The molecule has 3 heterocycles. The summed E-state index contributed by atoms with van der Waals surface area (Å²) < 4.78 is 33.2. The molecule has 34 heavy (non-hydrogen) atoms. The highest BCUT2D eigenvalue weighted by Gasteiger charge is 2.42. The summed E-state index contributed by atoms with van der Waals surface area (Å²) in [7, 11) is 2.01. The molecule has 0 bridgehead atoms. The summed E-state index contributed by atoms with van der Waals surface area (Å²) in [6.45, 7) is 3.87. The van der Waals surface area contributed by atoms with E-state index in [-0.39, 0.29) is 5.58 Å². The van der Waals surface area contributed by atoms with Crippen LogP contribution in [0.3, 0.4) is 0 Å². The van der Waals surface area contributed by atoms with Crippen molar-refractivity contribution >= 4 is 39.4 Å². The molecule has 180 valence electrons. The number of aryl methyl sites for hydroxylation is 2. The van der Waals surface area contributed by atoms with Crippen molar-refractivity contribution in [1.29, 1.82) is 0 Å². The Balaban J connectivity index is 0.000000162. The normalized spacial score (nSPS) is 14.5. The van der Waals surface area contributed by atoms with Crippen LogP contribution in [0.4, 0.5) is 8.78 Å². The summed E-state index contributed by atoms with van der Waals surface area (Å²) in [4.78, 5) is 13.1. The Morgan fingerprint density at radius 1 is 1.15 bits per heavy atom. The SMILES string of the molecule is Cn1ncc2ccc(CCCN3CCCC3)cc21.NC(=O)C(F)(F)c1cc2cc(Cl)ccc2o1. The van der Waals surface area contributed by atoms with Gasteiger partial charge in [0.15, 0.2) is 5.76 Å². The summed E-state index contributed by atoms with van der Waals surface area (Å²) >= 11 is 5.68. The predicted octanol–water partition coefficient (Wildman–Crippen LogP) is 5.27. The Hall–Kier alpha value is -2.97. The van der Waals surface area contributed by atoms with E-state index in [9.17, 15) is 13.6 Å². The second-order valence-electron chi connectivity index (χ2n) is 8.55. The molecule has 1 aliphatic heterocycles. The van der Waals surface area contributed by atoms with Gasteiger partial charge >= 0.3 is 5.92 Å². The molecular formula is C25H27ClF2N4O2. The fourth-order valence-electron chi connectivity index (χ4n) is 4.15. The van der Waals surface area contributed by atoms with E-state index in [0.29, 0.717) is 10.4 Å². The van der Waals surface area contributed by atoms with Crippen LogP contribution < -0.4 is 5.73 Å². The average molecular weight is 489 g/mol. The van der Waals surface area contributed by atoms with Crippen LogP contribution in [0.25, 0.3) is 21.9 Å². The molecule has 6 nitrogen and oxygen atoms in total. The first kappa shape index (κ1) is 24.2. The first-order chi connectivity index (χ1) is 16.2. The molecule has 0 radical (unpaired) electrons. The number of rotatable bonds is 6. The molecule has 0 spiro atoms. The molecule has 0 atom stereocenters. The summed E-state index contributed by atoms with van der Waals surface area (Å²) in [5.41, 5.74) is 7.48. The Kier molecular flexibility index (Phi) is 7.19. The number of hydrogen-bond donors (Lipinski definition) is 1. The Bertz CT molecular complexity index is 1290. The van der Waals surface area contributed by atoms with Crippen molar-refractivity contribution in [3.05, 3.63) is 65.0 Å². The van der Waals surface area contributed by atoms with Crippen molar-refractivity contribution in [2.24, 2.45) is 12.8 Å². The van der Waals surface area contributed by atoms with Crippen molar-refractivity contribution in [3.8, 4) is 0 Å². The van der Waals surface area contributed by atoms with Crippen molar-refractivity contribution < 1.29 is 18.0 Å². The Morgan fingerprint density at radius 2 is 1.91 bits per heavy atom. The maximum Gasteiger partial charge on any atom is 0.380 e. The maximum atomic E-state index is 13.2. The van der Waals surface area contributed by atoms with Crippen LogP contribution in [-0.2, 0) is 24.2 Å². The fourth-order valence-corrected chi connectivity index (χ4v) is 4.33. The van der Waals surface area contributed by atoms with E-state index in [4.69, 9.17) is 16.0 Å². The average Bonchev–Trinajstić information content (AvgIpc) is 3.55. The lowest BCUT2D eigenvalue weighted by Gasteiger charge is -2.13. The Morgan fingerprint density at radius 3 is 2.65 bits per heavy atom. The van der Waals surface area contributed by atoms with Gasteiger partial charge in [0.1, 0.15) is 5.58 Å². The largest absolute Gasteiger partial charge is 0.454 e. The van der Waals surface area contributed by atoms with Crippen LogP contribution in [0.1, 0.15) is 30.6 Å². The van der Waals surface area contributed by atoms with Crippen LogP contribution >= 0.6 is 11.6 Å². The highest BCUT2D eigenvalue weighted by Crippen LogP contribution is 2.33. The molecule has 2 N–H and O–H groups in total. The number of alkyl halides is 2. The lowest BCUT2D eigenvalue weighted by atomic mass is 10.1. The summed E-state index contributed by atoms with van der Waals surface area (Å²) in [5.74, 6) is -6.35. The van der Waals surface area contributed by atoms with Crippen molar-refractivity contribution in [3.63, 3.8) is 0 Å². The van der Waals surface area contributed by atoms with Crippen LogP contribution in [0.15, 0.2) is 53.1 Å². The van der Waals surface area contributed by atoms with E-state index >= 15 is 0 Å². The summed E-state index contributed by atoms with van der Waals surface area (Å²) in [5, 5.41) is 6.31. The number of halogens is 3. The first-order valence-corrected chi connectivity index (χ1v) is 11.6. The number of fused-ring (bicyclic) bond motifs is 2. The molecule has 4 aromatic rings. The maximum absolute atomic E-state index is 13.2. The number of furan rings is 1. The van der Waals surface area contributed by atoms with Gasteiger partial charge in [-0.3, -0.25) is 9.48 Å². The number of primary amides is 1. The number of hydrogen-bond acceptors (Lipinski definition) is 4. The van der Waals surface area contributed by atoms with Crippen LogP contribution in [0.5, 0.6) is 0 Å². The molecule has 0 saturated carbocycles. The molecule has 9 heteroatoms. The van der Waals surface area contributed by atoms with Gasteiger partial charge in [0.25, 0.3) is 5.91 Å². The molecular weight excluding hydrogens is 462 g/mol. The lowest BCUT2D eigenvalue weighted by molar-refractivity contribution is -0.145. The number of nitrogens with zero attached hydrogens (tertiary/aromatic N) is 3. The van der Waals surface area contributed by atoms with Crippen LogP contribution in [-0.4, -0.2) is 40.2 Å². The molecule has 1 amide bonds. The van der Waals surface area contributed by atoms with Gasteiger partial charge in [0.2, 0.25) is 0 Å². The zero-order valence-electron chi connectivity index (χ0n) is 18.9. The third-order valence-electron chi connectivity index (χ3n) is 6.05. The number of benzene rings is 2. The second kappa shape index (κ2) is 10.1. The predicted molar refractivity (Wildman–Crippen MR) is 129 cm³/mol. The van der Waals surface area contributed by atoms with Gasteiger partial charge < -0.3 is 15.1 Å². The summed E-state index contributed by atoms with van der Waals surface area (Å²) in [6.07, 6.45) is 7.16. The summed E-state index contributed by atoms with van der Waals surface area (Å²) in [6, 6.07) is 12.2. The molecule has 2 aromatic heterocycles. The monoisotopic (exact) mass is 488 g/mol. The van der Waals surface area contributed by atoms with Crippen molar-refractivity contribution in [2.75, 3.05) is 19.6 Å². The van der Waals surface area contributed by atoms with Gasteiger partial charge in [-0.25, -0.2) is 0 Å². The van der Waals surface area contributed by atoms with E-state index in [2.05, 4.69) is 33.9 Å². The quantitative estimate of drug-likeness (QED) is 0.401. The smallest absolute Gasteiger partial charge is 0.380 e. The topological polar surface area (TPSA) is 77.3 Å². The number of carbonyl (C=O) groups is 1. The standard InChI is InChI=1S/C15H21N3.C10H6ClF2NO2/c1-17-15-11-13(6-7-14(15)12-16-17)5-4-10-18-8-2-3-9-18;11-6-1-2-7-5(3-6)4-8(16-7)10(12,13)9(14)15/h6-7,11-12H,2-5,8-10H2,1H3;1-4H,(H2,14,15). The minimum atomic E-state index is -3.81. The second-order valence-corrected chi connectivity index (χ2v) is 8.98. The molecule has 0 aliphatic carbocycles. The molecule has 1 fully saturated rings. The van der Waals surface area contributed by atoms with E-state index in [1.807, 2.05) is 17.9 Å². The molecule has 2 aromatic carbocycles. The van der Waals surface area contributed by atoms with Gasteiger partial charge in [0.05, 0.1) is 11.7 Å². The third-order valence-corrected chi connectivity index (χ3v) is 6.28. The van der Waals surface area contributed by atoms with Gasteiger partial charge in [-0.15, -0.1) is 0 Å². The minimum absolute atomic E-state index is 0.223. The highest BCUT2D eigenvalue weighted by molar-refractivity contribution is 6.31. The van der Waals surface area contributed by atoms with Crippen molar-refractivity contribution in [2.45, 2.75) is 31.6 Å². The zero-order valence-corrected chi connectivity index (χ0v) is 19.7. The number of likely N-dealkylation sites (tertiary alicyclic amines) is 1. The third kappa shape index (κ3) is 5.39. The fraction of sp³-hybridized carbons (Fsp3) is 0.360. The molecule has 1 aliphatic rings. The van der Waals surface area contributed by atoms with Gasteiger partial charge in [0, 0.05) is 22.8 Å². The Labute approximate surface area is 201 Å². The lowest BCUT2D eigenvalue weighted by Crippen LogP contribution is -2.32. The molecule has 0 unspecified atom stereocenters. The van der Waals surface area contributed by atoms with Crippen LogP contribution in [0.2, 0.25) is 5.02 Å². The van der Waals surface area contributed by atoms with Crippen LogP contribution in [0, 0.1) is 0 Å². The van der Waals surface area contributed by atoms with E-state index < -0.39 is 17.6 Å². The molecule has 1 saturated heterocycles.